The van der Waals surface area contributed by atoms with Crippen LogP contribution in [0.25, 0.3) is 22.5 Å². The summed E-state index contributed by atoms with van der Waals surface area (Å²) in [6, 6.07) is 8.51. The molecule has 0 N–H and O–H groups in total. The summed E-state index contributed by atoms with van der Waals surface area (Å²) in [5.74, 6) is -1.09. The van der Waals surface area contributed by atoms with Crippen molar-refractivity contribution in [2.75, 3.05) is 6.61 Å². The molecule has 0 spiro atoms. The smallest absolute Gasteiger partial charge is 0.314 e. The molecule has 43 heavy (non-hydrogen) atoms. The molecule has 0 saturated carbocycles. The monoisotopic (exact) mass is 598 g/mol. The molecule has 0 radical (unpaired) electrons. The van der Waals surface area contributed by atoms with E-state index in [0.717, 1.165) is 44.6 Å². The fourth-order valence-corrected chi connectivity index (χ4v) is 4.73. The van der Waals surface area contributed by atoms with Gasteiger partial charge in [-0.15, -0.1) is 0 Å². The van der Waals surface area contributed by atoms with Crippen molar-refractivity contribution in [3.05, 3.63) is 60.4 Å². The number of rotatable bonds is 18. The summed E-state index contributed by atoms with van der Waals surface area (Å²) in [4.78, 5) is 20.9. The number of nitrogens with zero attached hydrogens (tertiary/aromatic N) is 2. The first-order valence-electron chi connectivity index (χ1n) is 15.6. The Hall–Kier alpha value is -3.42. The number of carbonyl (C=O) groups excluding carboxylic acids is 1. The number of aromatic nitrogens is 2. The first-order chi connectivity index (χ1) is 20.7. The Bertz CT molecular complexity index is 1280. The van der Waals surface area contributed by atoms with Gasteiger partial charge in [0, 0.05) is 24.0 Å². The van der Waals surface area contributed by atoms with Crippen molar-refractivity contribution in [1.29, 1.82) is 0 Å². The molecule has 1 heterocycles. The number of esters is 1. The van der Waals surface area contributed by atoms with Crippen molar-refractivity contribution in [1.82, 2.24) is 9.97 Å². The number of hydrogen-bond donors (Lipinski definition) is 0. The van der Waals surface area contributed by atoms with E-state index in [2.05, 4.69) is 30.7 Å². The molecule has 2 atom stereocenters. The lowest BCUT2D eigenvalue weighted by Crippen LogP contribution is -2.18. The van der Waals surface area contributed by atoms with E-state index in [9.17, 15) is 18.0 Å². The highest BCUT2D eigenvalue weighted by molar-refractivity contribution is 5.75. The van der Waals surface area contributed by atoms with Crippen molar-refractivity contribution >= 4 is 5.97 Å². The van der Waals surface area contributed by atoms with Crippen LogP contribution in [-0.4, -0.2) is 28.7 Å². The van der Waals surface area contributed by atoms with Gasteiger partial charge in [0.2, 0.25) is 0 Å². The predicted molar refractivity (Wildman–Crippen MR) is 165 cm³/mol. The van der Waals surface area contributed by atoms with Crippen molar-refractivity contribution in [3.63, 3.8) is 0 Å². The number of benzene rings is 2. The second kappa shape index (κ2) is 17.6. The summed E-state index contributed by atoms with van der Waals surface area (Å²) in [7, 11) is 0. The maximum Gasteiger partial charge on any atom is 0.314 e. The molecule has 0 amide bonds. The molecular weight excluding hydrogens is 553 g/mol. The zero-order chi connectivity index (χ0) is 31.2. The quantitative estimate of drug-likeness (QED) is 0.0828. The molecule has 2 aromatic carbocycles. The van der Waals surface area contributed by atoms with Crippen LogP contribution in [-0.2, 0) is 4.79 Å². The van der Waals surface area contributed by atoms with Gasteiger partial charge < -0.3 is 9.47 Å². The fourth-order valence-electron chi connectivity index (χ4n) is 4.73. The van der Waals surface area contributed by atoms with Gasteiger partial charge in [-0.3, -0.25) is 4.79 Å². The lowest BCUT2D eigenvalue weighted by atomic mass is 10.00. The molecule has 0 bridgehead atoms. The molecular formula is C35H45F3N2O3. The van der Waals surface area contributed by atoms with Crippen molar-refractivity contribution in [3.8, 4) is 34.0 Å². The molecule has 8 heteroatoms. The van der Waals surface area contributed by atoms with Gasteiger partial charge in [-0.2, -0.15) is 0 Å². The van der Waals surface area contributed by atoms with Gasteiger partial charge in [0.05, 0.1) is 11.5 Å². The predicted octanol–water partition coefficient (Wildman–Crippen LogP) is 9.92. The van der Waals surface area contributed by atoms with Crippen molar-refractivity contribution < 1.29 is 27.4 Å². The van der Waals surface area contributed by atoms with E-state index in [1.807, 2.05) is 6.92 Å². The van der Waals surface area contributed by atoms with Crippen LogP contribution in [0, 0.1) is 23.5 Å². The van der Waals surface area contributed by atoms with Crippen molar-refractivity contribution in [2.45, 2.75) is 98.1 Å². The van der Waals surface area contributed by atoms with Gasteiger partial charge in [-0.1, -0.05) is 85.1 Å². The van der Waals surface area contributed by atoms with Gasteiger partial charge in [-0.05, 0) is 48.6 Å². The first-order valence-corrected chi connectivity index (χ1v) is 15.6. The second-order valence-electron chi connectivity index (χ2n) is 11.7. The minimum Gasteiger partial charge on any atom is -0.487 e. The second-order valence-corrected chi connectivity index (χ2v) is 11.7. The minimum absolute atomic E-state index is 0.0142. The Morgan fingerprint density at radius 2 is 1.53 bits per heavy atom. The summed E-state index contributed by atoms with van der Waals surface area (Å²) in [5, 5.41) is 0. The van der Waals surface area contributed by atoms with Crippen LogP contribution in [0.15, 0.2) is 48.8 Å². The largest absolute Gasteiger partial charge is 0.487 e. The van der Waals surface area contributed by atoms with Crippen LogP contribution in [0.4, 0.5) is 13.2 Å². The molecule has 5 nitrogen and oxygen atoms in total. The third-order valence-electron chi connectivity index (χ3n) is 7.43. The SMILES string of the molecule is CCCCCCCCC(F)COc1ccc(-c2cnc(-c3ccc(OC(=O)C(C)CCCC(C)C)cc3F)nc2)cc1F. The molecule has 0 aliphatic heterocycles. The van der Waals surface area contributed by atoms with Gasteiger partial charge >= 0.3 is 5.97 Å². The van der Waals surface area contributed by atoms with E-state index in [0.29, 0.717) is 23.5 Å². The molecule has 1 aromatic heterocycles. The Labute approximate surface area is 254 Å². The van der Waals surface area contributed by atoms with Crippen LogP contribution in [0.1, 0.15) is 91.9 Å². The highest BCUT2D eigenvalue weighted by Gasteiger charge is 2.18. The summed E-state index contributed by atoms with van der Waals surface area (Å²) in [6.45, 7) is 8.06. The van der Waals surface area contributed by atoms with Crippen LogP contribution >= 0.6 is 0 Å². The summed E-state index contributed by atoms with van der Waals surface area (Å²) >= 11 is 0. The Morgan fingerprint density at radius 1 is 0.814 bits per heavy atom. The summed E-state index contributed by atoms with van der Waals surface area (Å²) < 4.78 is 54.6. The van der Waals surface area contributed by atoms with E-state index in [-0.39, 0.29) is 35.4 Å². The topological polar surface area (TPSA) is 61.3 Å². The number of unbranched alkanes of at least 4 members (excludes halogenated alkanes) is 5. The number of ether oxygens (including phenoxy) is 2. The molecule has 3 rings (SSSR count). The van der Waals surface area contributed by atoms with E-state index in [1.165, 1.54) is 55.9 Å². The van der Waals surface area contributed by atoms with E-state index < -0.39 is 23.8 Å². The lowest BCUT2D eigenvalue weighted by Gasteiger charge is -2.13. The van der Waals surface area contributed by atoms with Crippen LogP contribution in [0.5, 0.6) is 11.5 Å². The van der Waals surface area contributed by atoms with E-state index in [1.54, 1.807) is 6.07 Å². The average Bonchev–Trinajstić information content (AvgIpc) is 2.98. The van der Waals surface area contributed by atoms with Crippen LogP contribution in [0.3, 0.4) is 0 Å². The summed E-state index contributed by atoms with van der Waals surface area (Å²) in [6.07, 6.45) is 11.4. The molecule has 3 aromatic rings. The Balaban J connectivity index is 1.54. The van der Waals surface area contributed by atoms with Crippen LogP contribution in [0.2, 0.25) is 0 Å². The molecule has 0 aliphatic carbocycles. The van der Waals surface area contributed by atoms with Crippen molar-refractivity contribution in [2.24, 2.45) is 11.8 Å². The zero-order valence-electron chi connectivity index (χ0n) is 25.9. The fraction of sp³-hybridized carbons (Fsp3) is 0.514. The van der Waals surface area contributed by atoms with Gasteiger partial charge in [-0.25, -0.2) is 23.1 Å². The maximum absolute atomic E-state index is 14.9. The van der Waals surface area contributed by atoms with Gasteiger partial charge in [0.1, 0.15) is 24.3 Å². The average molecular weight is 599 g/mol. The van der Waals surface area contributed by atoms with Crippen LogP contribution < -0.4 is 9.47 Å². The number of halogens is 3. The Kier molecular flexibility index (Phi) is 14.0. The van der Waals surface area contributed by atoms with Gasteiger partial charge in [0.25, 0.3) is 0 Å². The first kappa shape index (κ1) is 34.1. The summed E-state index contributed by atoms with van der Waals surface area (Å²) in [5.41, 5.74) is 1.18. The third kappa shape index (κ3) is 11.3. The normalized spacial score (nSPS) is 12.7. The zero-order valence-corrected chi connectivity index (χ0v) is 25.9. The minimum atomic E-state index is -1.14. The number of hydrogen-bond acceptors (Lipinski definition) is 5. The third-order valence-corrected chi connectivity index (χ3v) is 7.43. The molecule has 0 fully saturated rings. The maximum atomic E-state index is 14.9. The van der Waals surface area contributed by atoms with E-state index >= 15 is 0 Å². The lowest BCUT2D eigenvalue weighted by molar-refractivity contribution is -0.138. The Morgan fingerprint density at radius 3 is 2.21 bits per heavy atom. The number of carbonyl (C=O) groups is 1. The molecule has 2 unspecified atom stereocenters. The molecule has 0 saturated heterocycles. The highest BCUT2D eigenvalue weighted by Crippen LogP contribution is 2.28. The highest BCUT2D eigenvalue weighted by atomic mass is 19.1. The van der Waals surface area contributed by atoms with E-state index in [4.69, 9.17) is 9.47 Å². The molecule has 234 valence electrons. The van der Waals surface area contributed by atoms with Gasteiger partial charge in [0.15, 0.2) is 17.4 Å². The standard InChI is InChI=1S/C35H45F3N2O3/c1-5-6-7-8-9-10-14-28(36)23-42-33-18-15-26(19-32(33)38)27-21-39-34(40-22-27)30-17-16-29(20-31(30)37)43-35(41)25(4)13-11-12-24(2)3/h15-22,24-25,28H,5-14,23H2,1-4H3. The number of alkyl halides is 1. The molecule has 0 aliphatic rings.